The molecule has 1 aliphatic heterocycles. The monoisotopic (exact) mass is 287 g/mol. The predicted octanol–water partition coefficient (Wildman–Crippen LogP) is 4.21. The van der Waals surface area contributed by atoms with E-state index in [1.54, 1.807) is 0 Å². The van der Waals surface area contributed by atoms with Gasteiger partial charge in [-0.1, -0.05) is 25.1 Å². The van der Waals surface area contributed by atoms with E-state index in [0.29, 0.717) is 6.10 Å². The Morgan fingerprint density at radius 1 is 1.33 bits per heavy atom. The molecule has 0 amide bonds. The molecule has 0 saturated carbocycles. The van der Waals surface area contributed by atoms with E-state index in [2.05, 4.69) is 37.4 Å². The lowest BCUT2D eigenvalue weighted by Crippen LogP contribution is -2.23. The third kappa shape index (κ3) is 3.14. The number of aryl methyl sites for hydroxylation is 1. The van der Waals surface area contributed by atoms with Gasteiger partial charge in [0.05, 0.1) is 12.1 Å². The number of hydrogen-bond donors (Lipinski definition) is 1. The summed E-state index contributed by atoms with van der Waals surface area (Å²) in [6.45, 7) is 6.29. The Balaban J connectivity index is 1.67. The zero-order valence-electron chi connectivity index (χ0n) is 13.0. The fourth-order valence-electron chi connectivity index (χ4n) is 3.26. The molecule has 1 aromatic heterocycles. The molecule has 114 valence electrons. The average molecular weight is 287 g/mol. The fourth-order valence-corrected chi connectivity index (χ4v) is 3.26. The van der Waals surface area contributed by atoms with Crippen LogP contribution in [0.5, 0.6) is 0 Å². The topological polar surface area (TPSA) is 34.4 Å². The summed E-state index contributed by atoms with van der Waals surface area (Å²) in [7, 11) is 0. The largest absolute Gasteiger partial charge is 0.459 e. The number of rotatable bonds is 6. The lowest BCUT2D eigenvalue weighted by molar-refractivity contribution is 0.103. The van der Waals surface area contributed by atoms with Gasteiger partial charge in [0.15, 0.2) is 0 Å². The molecule has 2 unspecified atom stereocenters. The first-order chi connectivity index (χ1) is 10.3. The molecule has 21 heavy (non-hydrogen) atoms. The van der Waals surface area contributed by atoms with Crippen molar-refractivity contribution in [1.82, 2.24) is 5.32 Å². The maximum Gasteiger partial charge on any atom is 0.134 e. The maximum absolute atomic E-state index is 6.08. The molecular formula is C18H25NO2. The molecule has 3 heteroatoms. The van der Waals surface area contributed by atoms with E-state index >= 15 is 0 Å². The predicted molar refractivity (Wildman–Crippen MR) is 85.6 cm³/mol. The summed E-state index contributed by atoms with van der Waals surface area (Å²) in [5.41, 5.74) is 2.33. The SMILES string of the molecule is CCc1c(C(C)NCCC2CCCO2)oc2ccccc12. The molecule has 0 aliphatic carbocycles. The lowest BCUT2D eigenvalue weighted by Gasteiger charge is -2.15. The highest BCUT2D eigenvalue weighted by molar-refractivity contribution is 5.82. The average Bonchev–Trinajstić information content (AvgIpc) is 3.13. The van der Waals surface area contributed by atoms with Crippen LogP contribution in [-0.2, 0) is 11.2 Å². The number of hydrogen-bond acceptors (Lipinski definition) is 3. The van der Waals surface area contributed by atoms with Crippen LogP contribution >= 0.6 is 0 Å². The van der Waals surface area contributed by atoms with Crippen LogP contribution in [0.3, 0.4) is 0 Å². The maximum atomic E-state index is 6.08. The molecule has 1 aliphatic rings. The van der Waals surface area contributed by atoms with Gasteiger partial charge in [-0.25, -0.2) is 0 Å². The van der Waals surface area contributed by atoms with Crippen LogP contribution in [0.4, 0.5) is 0 Å². The van der Waals surface area contributed by atoms with Gasteiger partial charge in [0.25, 0.3) is 0 Å². The summed E-state index contributed by atoms with van der Waals surface area (Å²) < 4.78 is 11.8. The first-order valence-electron chi connectivity index (χ1n) is 8.15. The van der Waals surface area contributed by atoms with E-state index < -0.39 is 0 Å². The van der Waals surface area contributed by atoms with Crippen molar-refractivity contribution in [3.63, 3.8) is 0 Å². The Bertz CT molecular complexity index is 584. The summed E-state index contributed by atoms with van der Waals surface area (Å²) in [5.74, 6) is 1.09. The zero-order valence-corrected chi connectivity index (χ0v) is 13.0. The summed E-state index contributed by atoms with van der Waals surface area (Å²) in [5, 5.41) is 4.84. The molecule has 0 bridgehead atoms. The van der Waals surface area contributed by atoms with Gasteiger partial charge in [-0.05, 0) is 45.2 Å². The Kier molecular flexibility index (Phi) is 4.61. The Morgan fingerprint density at radius 3 is 2.95 bits per heavy atom. The third-order valence-corrected chi connectivity index (χ3v) is 4.42. The molecule has 2 heterocycles. The number of ether oxygens (including phenoxy) is 1. The minimum atomic E-state index is 0.244. The van der Waals surface area contributed by atoms with Gasteiger partial charge in [-0.15, -0.1) is 0 Å². The molecule has 2 aromatic rings. The van der Waals surface area contributed by atoms with Crippen LogP contribution in [0.25, 0.3) is 11.0 Å². The molecule has 1 aromatic carbocycles. The van der Waals surface area contributed by atoms with Crippen molar-refractivity contribution < 1.29 is 9.15 Å². The summed E-state index contributed by atoms with van der Waals surface area (Å²) >= 11 is 0. The Hall–Kier alpha value is -1.32. The second-order valence-electron chi connectivity index (χ2n) is 5.89. The standard InChI is InChI=1S/C18H25NO2/c1-3-15-16-8-4-5-9-17(16)21-18(15)13(2)19-11-10-14-7-6-12-20-14/h4-5,8-9,13-14,19H,3,6-7,10-12H2,1-2H3. The number of para-hydroxylation sites is 1. The van der Waals surface area contributed by atoms with Crippen molar-refractivity contribution in [3.05, 3.63) is 35.6 Å². The Labute approximate surface area is 126 Å². The van der Waals surface area contributed by atoms with E-state index in [9.17, 15) is 0 Å². The molecule has 1 N–H and O–H groups in total. The first-order valence-corrected chi connectivity index (χ1v) is 8.15. The van der Waals surface area contributed by atoms with E-state index in [-0.39, 0.29) is 6.04 Å². The van der Waals surface area contributed by atoms with E-state index in [4.69, 9.17) is 9.15 Å². The molecule has 1 fully saturated rings. The summed E-state index contributed by atoms with van der Waals surface area (Å²) in [6.07, 6.45) is 4.96. The highest BCUT2D eigenvalue weighted by Gasteiger charge is 2.19. The van der Waals surface area contributed by atoms with Gasteiger partial charge in [-0.3, -0.25) is 0 Å². The van der Waals surface area contributed by atoms with Crippen molar-refractivity contribution in [2.45, 2.75) is 51.7 Å². The molecule has 0 radical (unpaired) electrons. The van der Waals surface area contributed by atoms with Crippen molar-refractivity contribution in [2.24, 2.45) is 0 Å². The number of nitrogens with one attached hydrogen (secondary N) is 1. The van der Waals surface area contributed by atoms with Gasteiger partial charge in [0, 0.05) is 17.6 Å². The van der Waals surface area contributed by atoms with Crippen LogP contribution in [0, 0.1) is 0 Å². The normalized spacial score (nSPS) is 20.2. The molecule has 0 spiro atoms. The van der Waals surface area contributed by atoms with E-state index in [1.165, 1.54) is 23.8 Å². The second-order valence-corrected chi connectivity index (χ2v) is 5.89. The summed E-state index contributed by atoms with van der Waals surface area (Å²) in [6, 6.07) is 8.56. The third-order valence-electron chi connectivity index (χ3n) is 4.42. The van der Waals surface area contributed by atoms with Gasteiger partial charge < -0.3 is 14.5 Å². The van der Waals surface area contributed by atoms with Crippen molar-refractivity contribution in [3.8, 4) is 0 Å². The van der Waals surface area contributed by atoms with Crippen molar-refractivity contribution in [2.75, 3.05) is 13.2 Å². The number of fused-ring (bicyclic) bond motifs is 1. The molecule has 3 rings (SSSR count). The molecule has 2 atom stereocenters. The van der Waals surface area contributed by atoms with Crippen LogP contribution in [0.2, 0.25) is 0 Å². The zero-order chi connectivity index (χ0) is 14.7. The lowest BCUT2D eigenvalue weighted by atomic mass is 10.0. The van der Waals surface area contributed by atoms with Crippen LogP contribution in [0.1, 0.15) is 50.5 Å². The van der Waals surface area contributed by atoms with Crippen LogP contribution in [-0.4, -0.2) is 19.3 Å². The van der Waals surface area contributed by atoms with E-state index in [0.717, 1.165) is 37.3 Å². The molecule has 1 saturated heterocycles. The first kappa shape index (κ1) is 14.6. The smallest absolute Gasteiger partial charge is 0.134 e. The molecule has 3 nitrogen and oxygen atoms in total. The second kappa shape index (κ2) is 6.63. The van der Waals surface area contributed by atoms with Crippen molar-refractivity contribution in [1.29, 1.82) is 0 Å². The highest BCUT2D eigenvalue weighted by Crippen LogP contribution is 2.30. The quantitative estimate of drug-likeness (QED) is 0.864. The van der Waals surface area contributed by atoms with Gasteiger partial charge in [-0.2, -0.15) is 0 Å². The van der Waals surface area contributed by atoms with Gasteiger partial charge in [0.2, 0.25) is 0 Å². The van der Waals surface area contributed by atoms with Crippen LogP contribution < -0.4 is 5.32 Å². The highest BCUT2D eigenvalue weighted by atomic mass is 16.5. The van der Waals surface area contributed by atoms with E-state index in [1.807, 2.05) is 6.07 Å². The molecular weight excluding hydrogens is 262 g/mol. The Morgan fingerprint density at radius 2 is 2.19 bits per heavy atom. The van der Waals surface area contributed by atoms with Crippen molar-refractivity contribution >= 4 is 11.0 Å². The fraction of sp³-hybridized carbons (Fsp3) is 0.556. The minimum absolute atomic E-state index is 0.244. The minimum Gasteiger partial charge on any atom is -0.459 e. The number of furan rings is 1. The van der Waals surface area contributed by atoms with Gasteiger partial charge in [0.1, 0.15) is 11.3 Å². The van der Waals surface area contributed by atoms with Crippen LogP contribution in [0.15, 0.2) is 28.7 Å². The number of benzene rings is 1. The van der Waals surface area contributed by atoms with Gasteiger partial charge >= 0.3 is 0 Å². The summed E-state index contributed by atoms with van der Waals surface area (Å²) in [4.78, 5) is 0.